The number of nitrogens with two attached hydrogens (primary N) is 1. The first-order chi connectivity index (χ1) is 5.57. The second kappa shape index (κ2) is 6.44. The predicted octanol–water partition coefficient (Wildman–Crippen LogP) is 1.61. The smallest absolute Gasteiger partial charge is 0.0162 e. The Balaban J connectivity index is 3.30. The molecule has 0 saturated carbocycles. The standard InChI is InChI=1S/C10H24N2/c1-5-10(11)7-12-6-9(4)8(2)3/h8-10,12H,5-7,11H2,1-4H3. The third-order valence-corrected chi connectivity index (χ3v) is 2.54. The van der Waals surface area contributed by atoms with Crippen molar-refractivity contribution in [1.82, 2.24) is 5.32 Å². The Morgan fingerprint density at radius 2 is 1.75 bits per heavy atom. The summed E-state index contributed by atoms with van der Waals surface area (Å²) >= 11 is 0. The molecule has 0 aliphatic carbocycles. The van der Waals surface area contributed by atoms with E-state index in [1.54, 1.807) is 0 Å². The molecule has 2 heteroatoms. The maximum absolute atomic E-state index is 5.77. The van der Waals surface area contributed by atoms with E-state index >= 15 is 0 Å². The van der Waals surface area contributed by atoms with E-state index in [1.165, 1.54) is 0 Å². The third-order valence-electron chi connectivity index (χ3n) is 2.54. The van der Waals surface area contributed by atoms with Gasteiger partial charge in [0, 0.05) is 12.6 Å². The average Bonchev–Trinajstić information content (AvgIpc) is 2.03. The SMILES string of the molecule is CCC(N)CNCC(C)C(C)C. The van der Waals surface area contributed by atoms with Gasteiger partial charge in [0.1, 0.15) is 0 Å². The van der Waals surface area contributed by atoms with E-state index < -0.39 is 0 Å². The Morgan fingerprint density at radius 3 is 2.17 bits per heavy atom. The summed E-state index contributed by atoms with van der Waals surface area (Å²) in [6.07, 6.45) is 1.06. The van der Waals surface area contributed by atoms with E-state index in [9.17, 15) is 0 Å². The van der Waals surface area contributed by atoms with E-state index in [0.717, 1.165) is 31.3 Å². The van der Waals surface area contributed by atoms with E-state index in [1.807, 2.05) is 0 Å². The Morgan fingerprint density at radius 1 is 1.17 bits per heavy atom. The van der Waals surface area contributed by atoms with E-state index in [-0.39, 0.29) is 0 Å². The topological polar surface area (TPSA) is 38.0 Å². The Labute approximate surface area is 76.9 Å². The molecule has 0 amide bonds. The van der Waals surface area contributed by atoms with Gasteiger partial charge in [0.25, 0.3) is 0 Å². The van der Waals surface area contributed by atoms with Crippen molar-refractivity contribution in [3.63, 3.8) is 0 Å². The number of rotatable bonds is 6. The van der Waals surface area contributed by atoms with Gasteiger partial charge in [-0.1, -0.05) is 27.7 Å². The van der Waals surface area contributed by atoms with E-state index in [4.69, 9.17) is 5.73 Å². The van der Waals surface area contributed by atoms with E-state index in [2.05, 4.69) is 33.0 Å². The Hall–Kier alpha value is -0.0800. The van der Waals surface area contributed by atoms with Crippen LogP contribution >= 0.6 is 0 Å². The largest absolute Gasteiger partial charge is 0.327 e. The van der Waals surface area contributed by atoms with Crippen LogP contribution in [0.1, 0.15) is 34.1 Å². The van der Waals surface area contributed by atoms with Crippen LogP contribution in [0.4, 0.5) is 0 Å². The lowest BCUT2D eigenvalue weighted by atomic mass is 9.98. The van der Waals surface area contributed by atoms with Gasteiger partial charge in [-0.05, 0) is 24.8 Å². The summed E-state index contributed by atoms with van der Waals surface area (Å²) in [4.78, 5) is 0. The molecule has 74 valence electrons. The second-order valence-electron chi connectivity index (χ2n) is 4.05. The fourth-order valence-electron chi connectivity index (χ4n) is 0.876. The van der Waals surface area contributed by atoms with Crippen molar-refractivity contribution < 1.29 is 0 Å². The molecule has 0 saturated heterocycles. The average molecular weight is 172 g/mol. The summed E-state index contributed by atoms with van der Waals surface area (Å²) in [7, 11) is 0. The number of nitrogens with one attached hydrogen (secondary N) is 1. The lowest BCUT2D eigenvalue weighted by Crippen LogP contribution is -2.36. The van der Waals surface area contributed by atoms with Crippen molar-refractivity contribution >= 4 is 0 Å². The minimum atomic E-state index is 0.323. The molecule has 0 bridgehead atoms. The van der Waals surface area contributed by atoms with Crippen LogP contribution in [0.5, 0.6) is 0 Å². The molecule has 0 radical (unpaired) electrons. The monoisotopic (exact) mass is 172 g/mol. The van der Waals surface area contributed by atoms with Crippen molar-refractivity contribution in [3.05, 3.63) is 0 Å². The van der Waals surface area contributed by atoms with Gasteiger partial charge in [0.05, 0.1) is 0 Å². The fourth-order valence-corrected chi connectivity index (χ4v) is 0.876. The molecule has 0 aromatic heterocycles. The zero-order valence-corrected chi connectivity index (χ0v) is 8.93. The van der Waals surface area contributed by atoms with Gasteiger partial charge in [-0.25, -0.2) is 0 Å². The van der Waals surface area contributed by atoms with Crippen LogP contribution in [0.3, 0.4) is 0 Å². The van der Waals surface area contributed by atoms with Gasteiger partial charge in [0.15, 0.2) is 0 Å². The highest BCUT2D eigenvalue weighted by atomic mass is 14.9. The molecule has 0 aliphatic heterocycles. The molecule has 0 aromatic rings. The molecule has 12 heavy (non-hydrogen) atoms. The molecule has 2 nitrogen and oxygen atoms in total. The van der Waals surface area contributed by atoms with Gasteiger partial charge in [0.2, 0.25) is 0 Å². The van der Waals surface area contributed by atoms with Crippen LogP contribution in [0.25, 0.3) is 0 Å². The lowest BCUT2D eigenvalue weighted by molar-refractivity contribution is 0.386. The van der Waals surface area contributed by atoms with Crippen molar-refractivity contribution in [1.29, 1.82) is 0 Å². The number of hydrogen-bond acceptors (Lipinski definition) is 2. The zero-order chi connectivity index (χ0) is 9.56. The van der Waals surface area contributed by atoms with Crippen molar-refractivity contribution in [2.45, 2.75) is 40.2 Å². The van der Waals surface area contributed by atoms with Gasteiger partial charge in [-0.15, -0.1) is 0 Å². The van der Waals surface area contributed by atoms with Gasteiger partial charge < -0.3 is 11.1 Å². The normalized spacial score (nSPS) is 16.5. The summed E-state index contributed by atoms with van der Waals surface area (Å²) in [5.41, 5.74) is 5.77. The first-order valence-corrected chi connectivity index (χ1v) is 5.04. The molecule has 2 atom stereocenters. The quantitative estimate of drug-likeness (QED) is 0.639. The molecule has 0 heterocycles. The molecule has 0 rings (SSSR count). The van der Waals surface area contributed by atoms with Crippen LogP contribution in [0.15, 0.2) is 0 Å². The molecule has 3 N–H and O–H groups in total. The van der Waals surface area contributed by atoms with Crippen LogP contribution in [0.2, 0.25) is 0 Å². The van der Waals surface area contributed by atoms with E-state index in [0.29, 0.717) is 6.04 Å². The first-order valence-electron chi connectivity index (χ1n) is 5.04. The Bertz CT molecular complexity index is 102. The predicted molar refractivity (Wildman–Crippen MR) is 55.1 cm³/mol. The minimum absolute atomic E-state index is 0.323. The first kappa shape index (κ1) is 11.9. The van der Waals surface area contributed by atoms with Gasteiger partial charge >= 0.3 is 0 Å². The number of hydrogen-bond donors (Lipinski definition) is 2. The molecule has 2 unspecified atom stereocenters. The molecular formula is C10H24N2. The van der Waals surface area contributed by atoms with Crippen molar-refractivity contribution in [2.75, 3.05) is 13.1 Å². The van der Waals surface area contributed by atoms with Crippen LogP contribution in [-0.4, -0.2) is 19.1 Å². The van der Waals surface area contributed by atoms with Crippen LogP contribution in [0, 0.1) is 11.8 Å². The van der Waals surface area contributed by atoms with Crippen LogP contribution in [-0.2, 0) is 0 Å². The Kier molecular flexibility index (Phi) is 6.39. The molecular weight excluding hydrogens is 148 g/mol. The molecule has 0 aromatic carbocycles. The summed E-state index contributed by atoms with van der Waals surface area (Å²) in [6, 6.07) is 0.323. The minimum Gasteiger partial charge on any atom is -0.327 e. The maximum Gasteiger partial charge on any atom is 0.0162 e. The van der Waals surface area contributed by atoms with Crippen LogP contribution < -0.4 is 11.1 Å². The molecule has 0 fully saturated rings. The van der Waals surface area contributed by atoms with Crippen molar-refractivity contribution in [2.24, 2.45) is 17.6 Å². The molecule has 0 aliphatic rings. The third kappa shape index (κ3) is 5.56. The highest BCUT2D eigenvalue weighted by Crippen LogP contribution is 2.07. The second-order valence-corrected chi connectivity index (χ2v) is 4.05. The highest BCUT2D eigenvalue weighted by molar-refractivity contribution is 4.65. The zero-order valence-electron chi connectivity index (χ0n) is 8.93. The molecule has 0 spiro atoms. The summed E-state index contributed by atoms with van der Waals surface area (Å²) in [5.74, 6) is 1.50. The van der Waals surface area contributed by atoms with Gasteiger partial charge in [-0.2, -0.15) is 0 Å². The maximum atomic E-state index is 5.77. The van der Waals surface area contributed by atoms with Gasteiger partial charge in [-0.3, -0.25) is 0 Å². The fraction of sp³-hybridized carbons (Fsp3) is 1.00. The lowest BCUT2D eigenvalue weighted by Gasteiger charge is -2.17. The summed E-state index contributed by atoms with van der Waals surface area (Å²) in [5, 5.41) is 3.39. The highest BCUT2D eigenvalue weighted by Gasteiger charge is 2.06. The summed E-state index contributed by atoms with van der Waals surface area (Å²) < 4.78 is 0. The van der Waals surface area contributed by atoms with Crippen molar-refractivity contribution in [3.8, 4) is 0 Å². The summed E-state index contributed by atoms with van der Waals surface area (Å²) in [6.45, 7) is 10.9.